The molecule has 1 saturated heterocycles. The molecule has 1 aliphatic heterocycles. The first kappa shape index (κ1) is 18.8. The van der Waals surface area contributed by atoms with Gasteiger partial charge in [-0.2, -0.15) is 5.10 Å². The van der Waals surface area contributed by atoms with E-state index in [4.69, 9.17) is 0 Å². The number of aromatic nitrogens is 3. The minimum atomic E-state index is 0.0234. The number of nitrogens with one attached hydrogen (secondary N) is 1. The second-order valence-corrected chi connectivity index (χ2v) is 8.16. The van der Waals surface area contributed by atoms with Crippen LogP contribution in [0.3, 0.4) is 0 Å². The Morgan fingerprint density at radius 3 is 2.68 bits per heavy atom. The molecule has 0 saturated carbocycles. The van der Waals surface area contributed by atoms with Crippen molar-refractivity contribution in [2.24, 2.45) is 7.05 Å². The van der Waals surface area contributed by atoms with Gasteiger partial charge in [0.1, 0.15) is 5.69 Å². The number of thiazole rings is 1. The summed E-state index contributed by atoms with van der Waals surface area (Å²) in [5.74, 6) is 0.0234. The van der Waals surface area contributed by atoms with Gasteiger partial charge in [-0.1, -0.05) is 18.2 Å². The van der Waals surface area contributed by atoms with Gasteiger partial charge in [-0.05, 0) is 38.0 Å². The quantitative estimate of drug-likeness (QED) is 0.720. The number of piperidine rings is 1. The maximum absolute atomic E-state index is 12.3. The van der Waals surface area contributed by atoms with Crippen molar-refractivity contribution in [3.8, 4) is 10.6 Å². The van der Waals surface area contributed by atoms with Gasteiger partial charge in [-0.3, -0.25) is 14.4 Å². The van der Waals surface area contributed by atoms with Gasteiger partial charge in [0.05, 0.1) is 21.8 Å². The molecule has 0 unspecified atom stereocenters. The van der Waals surface area contributed by atoms with Crippen LogP contribution in [0.5, 0.6) is 0 Å². The van der Waals surface area contributed by atoms with Crippen molar-refractivity contribution < 1.29 is 4.79 Å². The molecule has 1 aromatic carbocycles. The highest BCUT2D eigenvalue weighted by Crippen LogP contribution is 2.27. The topological polar surface area (TPSA) is 63.1 Å². The monoisotopic (exact) mass is 395 g/mol. The largest absolute Gasteiger partial charge is 0.349 e. The number of rotatable bonds is 5. The second-order valence-electron chi connectivity index (χ2n) is 7.30. The van der Waals surface area contributed by atoms with E-state index in [9.17, 15) is 4.79 Å². The number of carbonyl (C=O) groups excluding carboxylic acids is 1. The third kappa shape index (κ3) is 4.15. The molecule has 1 amide bonds. The molecule has 0 radical (unpaired) electrons. The first-order valence-corrected chi connectivity index (χ1v) is 10.5. The summed E-state index contributed by atoms with van der Waals surface area (Å²) in [6.45, 7) is 4.84. The van der Waals surface area contributed by atoms with Gasteiger partial charge in [0.25, 0.3) is 5.91 Å². The van der Waals surface area contributed by atoms with Crippen molar-refractivity contribution in [1.82, 2.24) is 25.0 Å². The fourth-order valence-electron chi connectivity index (χ4n) is 3.64. The minimum absolute atomic E-state index is 0.0234. The van der Waals surface area contributed by atoms with Gasteiger partial charge in [0.2, 0.25) is 0 Å². The van der Waals surface area contributed by atoms with Crippen molar-refractivity contribution in [3.63, 3.8) is 0 Å². The maximum atomic E-state index is 12.3. The molecule has 0 aliphatic carbocycles. The van der Waals surface area contributed by atoms with Crippen LogP contribution >= 0.6 is 11.3 Å². The Kier molecular flexibility index (Phi) is 5.54. The maximum Gasteiger partial charge on any atom is 0.251 e. The van der Waals surface area contributed by atoms with Crippen molar-refractivity contribution >= 4 is 17.2 Å². The van der Waals surface area contributed by atoms with Crippen LogP contribution in [0.2, 0.25) is 0 Å². The van der Waals surface area contributed by atoms with Crippen molar-refractivity contribution in [2.75, 3.05) is 13.1 Å². The van der Waals surface area contributed by atoms with E-state index < -0.39 is 0 Å². The lowest BCUT2D eigenvalue weighted by molar-refractivity contribution is 0.0908. The number of aryl methyl sites for hydroxylation is 2. The zero-order valence-electron chi connectivity index (χ0n) is 16.3. The fraction of sp³-hybridized carbons (Fsp3) is 0.381. The zero-order valence-corrected chi connectivity index (χ0v) is 17.1. The minimum Gasteiger partial charge on any atom is -0.349 e. The highest BCUT2D eigenvalue weighted by Gasteiger charge is 2.22. The zero-order chi connectivity index (χ0) is 19.5. The van der Waals surface area contributed by atoms with Gasteiger partial charge in [-0.25, -0.2) is 4.98 Å². The SMILES string of the molecule is Cc1ncsc1-c1cc(CN2CCC(NC(=O)c3ccccc3)CC2)n(C)n1. The third-order valence-corrected chi connectivity index (χ3v) is 6.25. The number of nitrogens with zero attached hydrogens (tertiary/aromatic N) is 4. The van der Waals surface area contributed by atoms with E-state index in [1.165, 1.54) is 5.69 Å². The summed E-state index contributed by atoms with van der Waals surface area (Å²) in [5, 5.41) is 7.84. The summed E-state index contributed by atoms with van der Waals surface area (Å²) < 4.78 is 1.97. The number of amides is 1. The molecular formula is C21H25N5OS. The molecular weight excluding hydrogens is 370 g/mol. The van der Waals surface area contributed by atoms with Gasteiger partial charge < -0.3 is 5.32 Å². The molecule has 28 heavy (non-hydrogen) atoms. The molecule has 1 aliphatic rings. The van der Waals surface area contributed by atoms with Crippen LogP contribution in [0.1, 0.15) is 34.6 Å². The lowest BCUT2D eigenvalue weighted by atomic mass is 10.0. The van der Waals surface area contributed by atoms with Crippen LogP contribution in [-0.4, -0.2) is 44.7 Å². The smallest absolute Gasteiger partial charge is 0.251 e. The summed E-state index contributed by atoms with van der Waals surface area (Å²) in [5.41, 5.74) is 5.83. The Labute approximate surface area is 169 Å². The second kappa shape index (κ2) is 8.24. The fourth-order valence-corrected chi connectivity index (χ4v) is 4.40. The molecule has 7 heteroatoms. The van der Waals surface area contributed by atoms with E-state index in [2.05, 4.69) is 26.4 Å². The van der Waals surface area contributed by atoms with Crippen LogP contribution in [0, 0.1) is 6.92 Å². The Balaban J connectivity index is 1.32. The molecule has 146 valence electrons. The lowest BCUT2D eigenvalue weighted by Gasteiger charge is -2.32. The molecule has 3 aromatic rings. The number of carbonyl (C=O) groups is 1. The van der Waals surface area contributed by atoms with Crippen LogP contribution in [-0.2, 0) is 13.6 Å². The van der Waals surface area contributed by atoms with Gasteiger partial charge >= 0.3 is 0 Å². The molecule has 2 aromatic heterocycles. The standard InChI is InChI=1S/C21H25N5OS/c1-15-20(28-14-22-15)19-12-18(25(2)24-19)13-26-10-8-17(9-11-26)23-21(27)16-6-4-3-5-7-16/h3-7,12,14,17H,8-11,13H2,1-2H3,(H,23,27). The highest BCUT2D eigenvalue weighted by atomic mass is 32.1. The number of hydrogen-bond acceptors (Lipinski definition) is 5. The predicted octanol–water partition coefficient (Wildman–Crippen LogP) is 3.25. The van der Waals surface area contributed by atoms with E-state index in [1.54, 1.807) is 11.3 Å². The molecule has 6 nitrogen and oxygen atoms in total. The Morgan fingerprint density at radius 1 is 1.25 bits per heavy atom. The molecule has 1 N–H and O–H groups in total. The number of likely N-dealkylation sites (tertiary alicyclic amines) is 1. The van der Waals surface area contributed by atoms with Gasteiger partial charge in [0.15, 0.2) is 0 Å². The van der Waals surface area contributed by atoms with E-state index >= 15 is 0 Å². The molecule has 0 bridgehead atoms. The van der Waals surface area contributed by atoms with E-state index in [0.717, 1.165) is 54.3 Å². The molecule has 4 rings (SSSR count). The first-order valence-electron chi connectivity index (χ1n) is 9.62. The highest BCUT2D eigenvalue weighted by molar-refractivity contribution is 7.13. The van der Waals surface area contributed by atoms with Crippen molar-refractivity contribution in [2.45, 2.75) is 32.4 Å². The lowest BCUT2D eigenvalue weighted by Crippen LogP contribution is -2.44. The summed E-state index contributed by atoms with van der Waals surface area (Å²) >= 11 is 1.63. The summed E-state index contributed by atoms with van der Waals surface area (Å²) in [7, 11) is 2.00. The summed E-state index contributed by atoms with van der Waals surface area (Å²) in [6, 6.07) is 11.8. The third-order valence-electron chi connectivity index (χ3n) is 5.30. The summed E-state index contributed by atoms with van der Waals surface area (Å²) in [6.07, 6.45) is 1.94. The van der Waals surface area contributed by atoms with Crippen molar-refractivity contribution in [3.05, 3.63) is 58.9 Å². The van der Waals surface area contributed by atoms with Gasteiger partial charge in [0, 0.05) is 38.3 Å². The Hall–Kier alpha value is -2.51. The first-order chi connectivity index (χ1) is 13.6. The summed E-state index contributed by atoms with van der Waals surface area (Å²) in [4.78, 5) is 20.2. The molecule has 0 atom stereocenters. The Bertz CT molecular complexity index is 941. The van der Waals surface area contributed by atoms with Crippen LogP contribution in [0.25, 0.3) is 10.6 Å². The van der Waals surface area contributed by atoms with Crippen molar-refractivity contribution in [1.29, 1.82) is 0 Å². The average molecular weight is 396 g/mol. The van der Waals surface area contributed by atoms with E-state index in [1.807, 2.05) is 54.5 Å². The van der Waals surface area contributed by atoms with Crippen LogP contribution in [0.4, 0.5) is 0 Å². The molecule has 0 spiro atoms. The Morgan fingerprint density at radius 2 is 2.00 bits per heavy atom. The number of benzene rings is 1. The van der Waals surface area contributed by atoms with E-state index in [0.29, 0.717) is 0 Å². The molecule has 1 fully saturated rings. The predicted molar refractivity (Wildman–Crippen MR) is 111 cm³/mol. The van der Waals surface area contributed by atoms with E-state index in [-0.39, 0.29) is 11.9 Å². The van der Waals surface area contributed by atoms with Crippen LogP contribution in [0.15, 0.2) is 41.9 Å². The molecule has 3 heterocycles. The normalized spacial score (nSPS) is 15.6. The average Bonchev–Trinajstić information content (AvgIpc) is 3.29. The van der Waals surface area contributed by atoms with Gasteiger partial charge in [-0.15, -0.1) is 11.3 Å². The van der Waals surface area contributed by atoms with Crippen LogP contribution < -0.4 is 5.32 Å². The number of hydrogen-bond donors (Lipinski definition) is 1.